The maximum Gasteiger partial charge on any atom is 0.143 e. The molecule has 0 aliphatic rings. The van der Waals surface area contributed by atoms with Crippen molar-refractivity contribution in [1.82, 2.24) is 0 Å². The van der Waals surface area contributed by atoms with Gasteiger partial charge in [0.15, 0.2) is 0 Å². The topological polar surface area (TPSA) is 9.23 Å². The SMILES string of the molecule is COC(C)c1cccc(Br)c1F. The van der Waals surface area contributed by atoms with Crippen LogP contribution in [0, 0.1) is 5.82 Å². The molecule has 0 radical (unpaired) electrons. The predicted octanol–water partition coefficient (Wildman–Crippen LogP) is 3.30. The Hall–Kier alpha value is -0.410. The normalized spacial score (nSPS) is 13.0. The van der Waals surface area contributed by atoms with Crippen molar-refractivity contribution >= 4 is 15.9 Å². The number of halogens is 2. The van der Waals surface area contributed by atoms with Gasteiger partial charge in [0.1, 0.15) is 5.82 Å². The third-order valence-corrected chi connectivity index (χ3v) is 2.39. The van der Waals surface area contributed by atoms with Gasteiger partial charge in [0.2, 0.25) is 0 Å². The largest absolute Gasteiger partial charge is 0.377 e. The summed E-state index contributed by atoms with van der Waals surface area (Å²) < 4.78 is 18.8. The van der Waals surface area contributed by atoms with Crippen LogP contribution in [-0.2, 0) is 4.74 Å². The molecule has 66 valence electrons. The van der Waals surface area contributed by atoms with Gasteiger partial charge >= 0.3 is 0 Å². The molecule has 0 amide bonds. The molecule has 1 rings (SSSR count). The lowest BCUT2D eigenvalue weighted by Crippen LogP contribution is -1.99. The molecule has 1 aromatic rings. The Morgan fingerprint density at radius 3 is 2.75 bits per heavy atom. The first-order valence-electron chi connectivity index (χ1n) is 3.63. The fourth-order valence-electron chi connectivity index (χ4n) is 0.961. The van der Waals surface area contributed by atoms with E-state index in [0.717, 1.165) is 0 Å². The van der Waals surface area contributed by atoms with E-state index in [9.17, 15) is 4.39 Å². The molecule has 3 heteroatoms. The summed E-state index contributed by atoms with van der Waals surface area (Å²) in [5.74, 6) is -0.244. The van der Waals surface area contributed by atoms with Gasteiger partial charge in [0, 0.05) is 12.7 Å². The lowest BCUT2D eigenvalue weighted by molar-refractivity contribution is 0.116. The number of methoxy groups -OCH3 is 1. The van der Waals surface area contributed by atoms with Crippen LogP contribution in [0.15, 0.2) is 22.7 Å². The van der Waals surface area contributed by atoms with E-state index in [-0.39, 0.29) is 11.9 Å². The van der Waals surface area contributed by atoms with Crippen LogP contribution >= 0.6 is 15.9 Å². The molecule has 0 saturated carbocycles. The molecule has 0 saturated heterocycles. The van der Waals surface area contributed by atoms with Crippen LogP contribution < -0.4 is 0 Å². The average Bonchev–Trinajstić information content (AvgIpc) is 2.08. The lowest BCUT2D eigenvalue weighted by atomic mass is 10.1. The Kier molecular flexibility index (Phi) is 3.23. The van der Waals surface area contributed by atoms with Crippen LogP contribution in [-0.4, -0.2) is 7.11 Å². The van der Waals surface area contributed by atoms with Crippen molar-refractivity contribution in [3.63, 3.8) is 0 Å². The van der Waals surface area contributed by atoms with E-state index < -0.39 is 0 Å². The van der Waals surface area contributed by atoms with Crippen molar-refractivity contribution < 1.29 is 9.13 Å². The Morgan fingerprint density at radius 2 is 2.17 bits per heavy atom. The Labute approximate surface area is 79.7 Å². The van der Waals surface area contributed by atoms with Crippen molar-refractivity contribution in [3.05, 3.63) is 34.1 Å². The zero-order chi connectivity index (χ0) is 9.14. The number of rotatable bonds is 2. The Morgan fingerprint density at radius 1 is 1.50 bits per heavy atom. The molecule has 0 aliphatic carbocycles. The van der Waals surface area contributed by atoms with Gasteiger partial charge in [-0.25, -0.2) is 4.39 Å². The zero-order valence-corrected chi connectivity index (χ0v) is 8.56. The molecular formula is C9H10BrFO. The van der Waals surface area contributed by atoms with Crippen LogP contribution in [0.25, 0.3) is 0 Å². The van der Waals surface area contributed by atoms with E-state index in [0.29, 0.717) is 10.0 Å². The smallest absolute Gasteiger partial charge is 0.143 e. The summed E-state index contributed by atoms with van der Waals surface area (Å²) >= 11 is 3.11. The first-order chi connectivity index (χ1) is 5.66. The number of hydrogen-bond acceptors (Lipinski definition) is 1. The summed E-state index contributed by atoms with van der Waals surface area (Å²) in [4.78, 5) is 0. The highest BCUT2D eigenvalue weighted by atomic mass is 79.9. The van der Waals surface area contributed by atoms with E-state index in [2.05, 4.69) is 15.9 Å². The summed E-state index contributed by atoms with van der Waals surface area (Å²) in [6, 6.07) is 5.17. The summed E-state index contributed by atoms with van der Waals surface area (Å²) in [5.41, 5.74) is 0.576. The highest BCUT2D eigenvalue weighted by Gasteiger charge is 2.11. The molecule has 12 heavy (non-hydrogen) atoms. The average molecular weight is 233 g/mol. The van der Waals surface area contributed by atoms with Crippen molar-refractivity contribution in [2.45, 2.75) is 13.0 Å². The minimum Gasteiger partial charge on any atom is -0.377 e. The molecule has 0 heterocycles. The van der Waals surface area contributed by atoms with E-state index >= 15 is 0 Å². The quantitative estimate of drug-likeness (QED) is 0.761. The predicted molar refractivity (Wildman–Crippen MR) is 49.5 cm³/mol. The van der Waals surface area contributed by atoms with E-state index in [1.807, 2.05) is 6.92 Å². The van der Waals surface area contributed by atoms with Crippen molar-refractivity contribution in [1.29, 1.82) is 0 Å². The van der Waals surface area contributed by atoms with Gasteiger partial charge in [-0.2, -0.15) is 0 Å². The fraction of sp³-hybridized carbons (Fsp3) is 0.333. The van der Waals surface area contributed by atoms with Gasteiger partial charge < -0.3 is 4.74 Å². The lowest BCUT2D eigenvalue weighted by Gasteiger charge is -2.10. The third-order valence-electron chi connectivity index (χ3n) is 1.77. The Bertz CT molecular complexity index is 275. The second-order valence-corrected chi connectivity index (χ2v) is 3.38. The standard InChI is InChI=1S/C9H10BrFO/c1-6(12-2)7-4-3-5-8(10)9(7)11/h3-6H,1-2H3. The van der Waals surface area contributed by atoms with Gasteiger partial charge in [-0.05, 0) is 28.9 Å². The van der Waals surface area contributed by atoms with Crippen LogP contribution in [0.2, 0.25) is 0 Å². The number of hydrogen-bond donors (Lipinski definition) is 0. The second-order valence-electron chi connectivity index (χ2n) is 2.52. The molecule has 1 nitrogen and oxygen atoms in total. The van der Waals surface area contributed by atoms with Gasteiger partial charge in [-0.3, -0.25) is 0 Å². The molecule has 1 unspecified atom stereocenters. The molecule has 0 aromatic heterocycles. The van der Waals surface area contributed by atoms with Gasteiger partial charge in [-0.1, -0.05) is 12.1 Å². The number of ether oxygens (including phenoxy) is 1. The Balaban J connectivity index is 3.07. The maximum atomic E-state index is 13.3. The monoisotopic (exact) mass is 232 g/mol. The molecule has 0 spiro atoms. The molecule has 1 atom stereocenters. The molecule has 0 N–H and O–H groups in total. The first kappa shape index (κ1) is 9.68. The maximum absolute atomic E-state index is 13.3. The number of benzene rings is 1. The molecule has 0 aliphatic heterocycles. The van der Waals surface area contributed by atoms with Gasteiger partial charge in [0.25, 0.3) is 0 Å². The summed E-state index contributed by atoms with van der Waals surface area (Å²) in [5, 5.41) is 0. The second kappa shape index (κ2) is 4.01. The highest BCUT2D eigenvalue weighted by Crippen LogP contribution is 2.24. The van der Waals surface area contributed by atoms with Gasteiger partial charge in [0.05, 0.1) is 10.6 Å². The summed E-state index contributed by atoms with van der Waals surface area (Å²) in [6.45, 7) is 1.81. The van der Waals surface area contributed by atoms with Crippen LogP contribution in [0.3, 0.4) is 0 Å². The minimum absolute atomic E-state index is 0.206. The summed E-state index contributed by atoms with van der Waals surface area (Å²) in [6.07, 6.45) is -0.206. The van der Waals surface area contributed by atoms with E-state index in [1.54, 1.807) is 25.3 Å². The van der Waals surface area contributed by atoms with Crippen LogP contribution in [0.5, 0.6) is 0 Å². The molecule has 0 fully saturated rings. The van der Waals surface area contributed by atoms with Crippen molar-refractivity contribution in [2.75, 3.05) is 7.11 Å². The third kappa shape index (κ3) is 1.84. The highest BCUT2D eigenvalue weighted by molar-refractivity contribution is 9.10. The molecular weight excluding hydrogens is 223 g/mol. The first-order valence-corrected chi connectivity index (χ1v) is 4.42. The van der Waals surface area contributed by atoms with Crippen molar-refractivity contribution in [3.8, 4) is 0 Å². The fourth-order valence-corrected chi connectivity index (χ4v) is 1.34. The molecule has 1 aromatic carbocycles. The van der Waals surface area contributed by atoms with E-state index in [4.69, 9.17) is 4.74 Å². The summed E-state index contributed by atoms with van der Waals surface area (Å²) in [7, 11) is 1.56. The minimum atomic E-state index is -0.244. The van der Waals surface area contributed by atoms with E-state index in [1.165, 1.54) is 0 Å². The molecule has 0 bridgehead atoms. The zero-order valence-electron chi connectivity index (χ0n) is 6.97. The van der Waals surface area contributed by atoms with Crippen LogP contribution in [0.1, 0.15) is 18.6 Å². The van der Waals surface area contributed by atoms with Gasteiger partial charge in [-0.15, -0.1) is 0 Å². The van der Waals surface area contributed by atoms with Crippen LogP contribution in [0.4, 0.5) is 4.39 Å². The van der Waals surface area contributed by atoms with Crippen molar-refractivity contribution in [2.24, 2.45) is 0 Å².